The van der Waals surface area contributed by atoms with Crippen LogP contribution in [0.2, 0.25) is 0 Å². The normalized spacial score (nSPS) is 15.3. The van der Waals surface area contributed by atoms with E-state index in [1.54, 1.807) is 43.6 Å². The molecule has 2 aromatic carbocycles. The largest absolute Gasteiger partial charge is 0.494 e. The summed E-state index contributed by atoms with van der Waals surface area (Å²) in [5.41, 5.74) is 0.688. The molecule has 3 aromatic rings. The van der Waals surface area contributed by atoms with Crippen molar-refractivity contribution in [2.24, 2.45) is 0 Å². The Morgan fingerprint density at radius 3 is 2.16 bits per heavy atom. The van der Waals surface area contributed by atoms with Crippen LogP contribution < -0.4 is 29.7 Å². The Morgan fingerprint density at radius 1 is 0.918 bits per heavy atom. The average molecular weight is 687 g/mol. The number of nitrogens with one attached hydrogen (secondary N) is 1. The molecule has 0 spiro atoms. The molecule has 1 aromatic heterocycles. The molecule has 2 fully saturated rings. The summed E-state index contributed by atoms with van der Waals surface area (Å²) in [5, 5.41) is 3.43. The first-order valence-corrected chi connectivity index (χ1v) is 15.9. The second-order valence-corrected chi connectivity index (χ2v) is 12.5. The SMILES string of the molecule is COc1cc(N2CCN(C(C)=O)CC2)ccc1Nc1ccc(N(F)c2ccncn2)c(N2CCN(C(=O)OC(C)(C)C)CC2)c1OC(F)F. The van der Waals surface area contributed by atoms with Crippen LogP contribution in [0.15, 0.2) is 48.9 Å². The Balaban J connectivity index is 1.49. The maximum absolute atomic E-state index is 16.1. The Bertz CT molecular complexity index is 1610. The summed E-state index contributed by atoms with van der Waals surface area (Å²) in [6.45, 7) is 6.78. The topological polar surface area (TPSA) is 116 Å². The molecule has 2 amide bonds. The Labute approximate surface area is 283 Å². The number of piperazine rings is 2. The number of benzene rings is 2. The third-order valence-corrected chi connectivity index (χ3v) is 8.09. The van der Waals surface area contributed by atoms with Gasteiger partial charge in [-0.1, -0.05) is 4.48 Å². The first-order valence-electron chi connectivity index (χ1n) is 15.9. The summed E-state index contributed by atoms with van der Waals surface area (Å²) in [6, 6.07) is 9.67. The van der Waals surface area contributed by atoms with Gasteiger partial charge in [-0.25, -0.2) is 14.8 Å². The average Bonchev–Trinajstić information content (AvgIpc) is 3.08. The molecule has 0 atom stereocenters. The lowest BCUT2D eigenvalue weighted by Gasteiger charge is -2.38. The number of hydrogen-bond donors (Lipinski definition) is 1. The van der Waals surface area contributed by atoms with Gasteiger partial charge >= 0.3 is 12.7 Å². The van der Waals surface area contributed by atoms with E-state index < -0.39 is 18.3 Å². The second-order valence-electron chi connectivity index (χ2n) is 12.5. The molecule has 0 aliphatic carbocycles. The fourth-order valence-electron chi connectivity index (χ4n) is 5.70. The van der Waals surface area contributed by atoms with Crippen molar-refractivity contribution in [1.29, 1.82) is 0 Å². The van der Waals surface area contributed by atoms with Gasteiger partial charge in [0.15, 0.2) is 11.6 Å². The Morgan fingerprint density at radius 2 is 1.57 bits per heavy atom. The van der Waals surface area contributed by atoms with Gasteiger partial charge in [0.1, 0.15) is 29.1 Å². The van der Waals surface area contributed by atoms with E-state index in [1.165, 1.54) is 42.7 Å². The first-order chi connectivity index (χ1) is 23.3. The Kier molecular flexibility index (Phi) is 10.7. The van der Waals surface area contributed by atoms with Crippen molar-refractivity contribution in [3.05, 3.63) is 48.9 Å². The number of amides is 2. The van der Waals surface area contributed by atoms with Crippen molar-refractivity contribution in [2.45, 2.75) is 39.9 Å². The van der Waals surface area contributed by atoms with Crippen LogP contribution in [-0.2, 0) is 9.53 Å². The van der Waals surface area contributed by atoms with E-state index >= 15 is 4.48 Å². The first kappa shape index (κ1) is 35.2. The van der Waals surface area contributed by atoms with Gasteiger partial charge in [0, 0.05) is 83.3 Å². The highest BCUT2D eigenvalue weighted by molar-refractivity contribution is 5.88. The highest BCUT2D eigenvalue weighted by Gasteiger charge is 2.32. The smallest absolute Gasteiger partial charge is 0.410 e. The number of carbonyl (C=O) groups is 2. The fourth-order valence-corrected chi connectivity index (χ4v) is 5.70. The van der Waals surface area contributed by atoms with Crippen molar-refractivity contribution in [3.8, 4) is 11.5 Å². The van der Waals surface area contributed by atoms with Crippen molar-refractivity contribution in [2.75, 3.05) is 79.7 Å². The molecule has 0 radical (unpaired) electrons. The summed E-state index contributed by atoms with van der Waals surface area (Å²) < 4.78 is 60.7. The van der Waals surface area contributed by atoms with E-state index in [9.17, 15) is 18.4 Å². The van der Waals surface area contributed by atoms with Crippen LogP contribution in [0, 0.1) is 0 Å². The molecule has 2 aliphatic heterocycles. The summed E-state index contributed by atoms with van der Waals surface area (Å²) >= 11 is 0. The maximum Gasteiger partial charge on any atom is 0.410 e. The van der Waals surface area contributed by atoms with Gasteiger partial charge in [0.2, 0.25) is 5.91 Å². The number of rotatable bonds is 9. The zero-order valence-corrected chi connectivity index (χ0v) is 28.2. The van der Waals surface area contributed by atoms with E-state index in [-0.39, 0.29) is 65.8 Å². The van der Waals surface area contributed by atoms with E-state index in [1.807, 2.05) is 12.1 Å². The third kappa shape index (κ3) is 8.48. The number of nitrogens with zero attached hydrogens (tertiary/aromatic N) is 7. The van der Waals surface area contributed by atoms with Crippen molar-refractivity contribution >= 4 is 46.3 Å². The predicted octanol–water partition coefficient (Wildman–Crippen LogP) is 5.58. The van der Waals surface area contributed by atoms with Crippen molar-refractivity contribution in [1.82, 2.24) is 19.8 Å². The predicted molar refractivity (Wildman–Crippen MR) is 179 cm³/mol. The van der Waals surface area contributed by atoms with E-state index in [4.69, 9.17) is 14.2 Å². The van der Waals surface area contributed by atoms with Crippen LogP contribution in [0.3, 0.4) is 0 Å². The molecular formula is C33H41F3N8O5. The summed E-state index contributed by atoms with van der Waals surface area (Å²) in [7, 11) is 1.50. The third-order valence-electron chi connectivity index (χ3n) is 8.09. The lowest BCUT2D eigenvalue weighted by Crippen LogP contribution is -2.50. The maximum atomic E-state index is 16.1. The van der Waals surface area contributed by atoms with Crippen LogP contribution >= 0.6 is 0 Å². The molecule has 0 saturated carbocycles. The monoisotopic (exact) mass is 686 g/mol. The lowest BCUT2D eigenvalue weighted by atomic mass is 10.1. The van der Waals surface area contributed by atoms with Gasteiger partial charge in [-0.05, 0) is 45.0 Å². The second kappa shape index (κ2) is 15.0. The summed E-state index contributed by atoms with van der Waals surface area (Å²) in [5.74, 6) is 0.0381. The molecular weight excluding hydrogens is 645 g/mol. The quantitative estimate of drug-likeness (QED) is 0.285. The van der Waals surface area contributed by atoms with E-state index in [0.717, 1.165) is 5.69 Å². The minimum atomic E-state index is -3.25. The fraction of sp³-hybridized carbons (Fsp3) is 0.455. The molecule has 2 saturated heterocycles. The van der Waals surface area contributed by atoms with Crippen LogP contribution in [0.4, 0.5) is 52.3 Å². The number of alkyl halides is 2. The molecule has 5 rings (SSSR count). The van der Waals surface area contributed by atoms with Crippen molar-refractivity contribution < 1.29 is 37.1 Å². The number of anilines is 6. The number of halogens is 3. The van der Waals surface area contributed by atoms with Gasteiger partial charge in [0.05, 0.1) is 18.5 Å². The zero-order valence-electron chi connectivity index (χ0n) is 28.2. The van der Waals surface area contributed by atoms with Crippen LogP contribution in [0.1, 0.15) is 27.7 Å². The van der Waals surface area contributed by atoms with Crippen molar-refractivity contribution in [3.63, 3.8) is 0 Å². The molecule has 0 bridgehead atoms. The summed E-state index contributed by atoms with van der Waals surface area (Å²) in [6.07, 6.45) is 2.03. The molecule has 2 aliphatic rings. The van der Waals surface area contributed by atoms with Gasteiger partial charge < -0.3 is 39.1 Å². The standard InChI is InChI=1S/C33H41F3N8O5/c1-22(45)40-12-14-41(15-13-40)23-6-7-24(27(20-23)47-5)39-25-8-9-26(44(36)28-10-11-37-21-38-28)29(30(25)48-31(34)35)42-16-18-43(19-17-42)32(46)49-33(2,3)4/h6-11,20-21,31,39H,12-19H2,1-5H3. The Hall–Kier alpha value is -5.15. The minimum Gasteiger partial charge on any atom is -0.494 e. The number of ether oxygens (including phenoxy) is 3. The zero-order chi connectivity index (χ0) is 35.3. The molecule has 16 heteroatoms. The molecule has 264 valence electrons. The molecule has 1 N–H and O–H groups in total. The molecule has 0 unspecified atom stereocenters. The van der Waals surface area contributed by atoms with Crippen LogP contribution in [0.5, 0.6) is 11.5 Å². The highest BCUT2D eigenvalue weighted by atomic mass is 19.3. The number of carbonyl (C=O) groups excluding carboxylic acids is 2. The van der Waals surface area contributed by atoms with Crippen LogP contribution in [-0.4, -0.2) is 103 Å². The van der Waals surface area contributed by atoms with Gasteiger partial charge in [-0.2, -0.15) is 13.9 Å². The highest BCUT2D eigenvalue weighted by Crippen LogP contribution is 2.48. The molecule has 13 nitrogen and oxygen atoms in total. The van der Waals surface area contributed by atoms with E-state index in [0.29, 0.717) is 37.6 Å². The van der Waals surface area contributed by atoms with Gasteiger partial charge in [0.25, 0.3) is 0 Å². The van der Waals surface area contributed by atoms with Gasteiger partial charge in [-0.3, -0.25) is 4.79 Å². The molecule has 3 heterocycles. The number of aromatic nitrogens is 2. The number of methoxy groups -OCH3 is 1. The van der Waals surface area contributed by atoms with Crippen LogP contribution in [0.25, 0.3) is 0 Å². The lowest BCUT2D eigenvalue weighted by molar-refractivity contribution is -0.129. The minimum absolute atomic E-state index is 0.0295. The summed E-state index contributed by atoms with van der Waals surface area (Å²) in [4.78, 5) is 39.5. The molecule has 49 heavy (non-hydrogen) atoms. The van der Waals surface area contributed by atoms with Gasteiger partial charge in [-0.15, -0.1) is 0 Å². The number of hydrogen-bond acceptors (Lipinski definition) is 11. The van der Waals surface area contributed by atoms with E-state index in [2.05, 4.69) is 20.2 Å².